The summed E-state index contributed by atoms with van der Waals surface area (Å²) in [5, 5.41) is 24.5. The van der Waals surface area contributed by atoms with Crippen LogP contribution in [-0.2, 0) is 57.1 Å². The topological polar surface area (TPSA) is 196 Å². The zero-order valence-electron chi connectivity index (χ0n) is 24.3. The predicted octanol–water partition coefficient (Wildman–Crippen LogP) is 0.813. The molecular weight excluding hydrogens is 584 g/mol. The third-order valence-electron chi connectivity index (χ3n) is 7.07. The second-order valence-electron chi connectivity index (χ2n) is 10.5. The van der Waals surface area contributed by atoms with E-state index < -0.39 is 70.2 Å². The molecule has 1 saturated carbocycles. The van der Waals surface area contributed by atoms with E-state index in [0.717, 1.165) is 12.2 Å². The number of allylic oxidation sites excluding steroid dienone is 4. The quantitative estimate of drug-likeness (QED) is 0.102. The minimum atomic E-state index is -1.68. The van der Waals surface area contributed by atoms with Crippen molar-refractivity contribution in [3.63, 3.8) is 0 Å². The normalized spacial score (nSPS) is 28.8. The van der Waals surface area contributed by atoms with Crippen LogP contribution in [0.25, 0.3) is 0 Å². The van der Waals surface area contributed by atoms with E-state index >= 15 is 0 Å². The van der Waals surface area contributed by atoms with Crippen LogP contribution >= 0.6 is 0 Å². The van der Waals surface area contributed by atoms with Crippen molar-refractivity contribution in [2.24, 2.45) is 0 Å². The van der Waals surface area contributed by atoms with E-state index in [9.17, 15) is 34.2 Å². The van der Waals surface area contributed by atoms with Crippen molar-refractivity contribution in [2.75, 3.05) is 0 Å². The fourth-order valence-corrected chi connectivity index (χ4v) is 4.52. The van der Waals surface area contributed by atoms with Crippen molar-refractivity contribution in [1.29, 1.82) is 0 Å². The van der Waals surface area contributed by atoms with E-state index in [1.807, 2.05) is 0 Å². The standard InChI is InChI=1S/C30H30O14/c1-5-16-38-21(31)10-11-28(4)39-24(34)19(25(35)40-28)8-6-17(2)7-9-20-26(36)43-30(44-27(20)37)14-12-29(13-15-30)41-22(32)18(3)23(33)42-29/h6-9,32,34H,10-15H2,1-4H3/p-2/b8-6+,17-7+,20-9?. The van der Waals surface area contributed by atoms with E-state index in [2.05, 4.69) is 16.8 Å². The summed E-state index contributed by atoms with van der Waals surface area (Å²) in [5.41, 5.74) is -0.604. The highest BCUT2D eigenvalue weighted by Gasteiger charge is 2.53. The summed E-state index contributed by atoms with van der Waals surface area (Å²) in [4.78, 5) is 61.6. The number of ether oxygens (including phenoxy) is 7. The lowest BCUT2D eigenvalue weighted by Gasteiger charge is -2.50. The van der Waals surface area contributed by atoms with Crippen molar-refractivity contribution in [1.82, 2.24) is 0 Å². The van der Waals surface area contributed by atoms with Gasteiger partial charge in [0.1, 0.15) is 11.7 Å². The second-order valence-corrected chi connectivity index (χ2v) is 10.5. The van der Waals surface area contributed by atoms with Crippen molar-refractivity contribution >= 4 is 29.8 Å². The smallest absolute Gasteiger partial charge is 0.348 e. The molecule has 1 atom stereocenters. The third kappa shape index (κ3) is 6.88. The molecule has 0 aromatic carbocycles. The van der Waals surface area contributed by atoms with Gasteiger partial charge in [-0.25, -0.2) is 19.2 Å². The Bertz CT molecular complexity index is 1480. The van der Waals surface area contributed by atoms with Crippen LogP contribution in [0.4, 0.5) is 0 Å². The van der Waals surface area contributed by atoms with Gasteiger partial charge >= 0.3 is 29.8 Å². The first-order chi connectivity index (χ1) is 20.7. The Morgan fingerprint density at radius 1 is 0.886 bits per heavy atom. The highest BCUT2D eigenvalue weighted by molar-refractivity contribution is 6.15. The molecule has 0 radical (unpaired) electrons. The zero-order valence-corrected chi connectivity index (χ0v) is 24.3. The first-order valence-electron chi connectivity index (χ1n) is 13.5. The summed E-state index contributed by atoms with van der Waals surface area (Å²) < 4.78 is 36.5. The van der Waals surface area contributed by atoms with Gasteiger partial charge in [-0.2, -0.15) is 0 Å². The average Bonchev–Trinajstić information content (AvgIpc) is 2.94. The summed E-state index contributed by atoms with van der Waals surface area (Å²) >= 11 is 0. The van der Waals surface area contributed by atoms with E-state index in [0.29, 0.717) is 5.57 Å². The minimum Gasteiger partial charge on any atom is -0.574 e. The molecule has 2 spiro atoms. The Morgan fingerprint density at radius 2 is 1.48 bits per heavy atom. The van der Waals surface area contributed by atoms with Crippen molar-refractivity contribution < 1.29 is 67.3 Å². The Labute approximate surface area is 251 Å². The van der Waals surface area contributed by atoms with Crippen LogP contribution in [0.3, 0.4) is 0 Å². The van der Waals surface area contributed by atoms with Crippen LogP contribution < -0.4 is 10.2 Å². The molecule has 0 aromatic heterocycles. The summed E-state index contributed by atoms with van der Waals surface area (Å²) in [6.07, 6.45) is 6.55. The van der Waals surface area contributed by atoms with Gasteiger partial charge in [0, 0.05) is 39.0 Å². The lowest BCUT2D eigenvalue weighted by atomic mass is 9.87. The van der Waals surface area contributed by atoms with Gasteiger partial charge in [0.05, 0.1) is 29.5 Å². The second kappa shape index (κ2) is 12.2. The van der Waals surface area contributed by atoms with Gasteiger partial charge < -0.3 is 43.4 Å². The van der Waals surface area contributed by atoms with Gasteiger partial charge in [-0.3, -0.25) is 4.79 Å². The van der Waals surface area contributed by atoms with Crippen LogP contribution in [0.15, 0.2) is 58.5 Å². The molecule has 0 aromatic rings. The van der Waals surface area contributed by atoms with Gasteiger partial charge in [0.15, 0.2) is 11.6 Å². The van der Waals surface area contributed by atoms with E-state index in [-0.39, 0.29) is 44.1 Å². The maximum atomic E-state index is 12.7. The molecule has 14 heteroatoms. The summed E-state index contributed by atoms with van der Waals surface area (Å²) in [6.45, 7) is 5.66. The highest BCUT2D eigenvalue weighted by Crippen LogP contribution is 2.45. The molecule has 1 aliphatic carbocycles. The van der Waals surface area contributed by atoms with Crippen LogP contribution in [0.2, 0.25) is 0 Å². The molecule has 14 nitrogen and oxygen atoms in total. The van der Waals surface area contributed by atoms with Crippen LogP contribution in [0, 0.1) is 12.0 Å². The van der Waals surface area contributed by atoms with Gasteiger partial charge in [-0.15, -0.1) is 0 Å². The number of carbonyl (C=O) groups excluding carboxylic acids is 5. The van der Waals surface area contributed by atoms with Gasteiger partial charge in [-0.05, 0) is 32.9 Å². The zero-order chi connectivity index (χ0) is 32.3. The fraction of sp³-hybridized carbons (Fsp3) is 0.433. The molecule has 1 saturated heterocycles. The number of cyclic esters (lactones) is 1. The molecule has 4 rings (SSSR count). The molecular formula is C30H28O14-2. The summed E-state index contributed by atoms with van der Waals surface area (Å²) in [6, 6.07) is 0. The predicted molar refractivity (Wildman–Crippen MR) is 138 cm³/mol. The highest BCUT2D eigenvalue weighted by atomic mass is 16.8. The van der Waals surface area contributed by atoms with Gasteiger partial charge in [0.2, 0.25) is 0 Å². The molecule has 234 valence electrons. The van der Waals surface area contributed by atoms with Crippen molar-refractivity contribution in [2.45, 2.75) is 83.6 Å². The Morgan fingerprint density at radius 3 is 2.05 bits per heavy atom. The number of rotatable bonds is 6. The van der Waals surface area contributed by atoms with E-state index in [4.69, 9.17) is 28.4 Å². The average molecular weight is 613 g/mol. The summed E-state index contributed by atoms with van der Waals surface area (Å²) in [7, 11) is 0. The Kier molecular flexibility index (Phi) is 8.80. The molecule has 4 aliphatic rings. The van der Waals surface area contributed by atoms with Gasteiger partial charge in [-0.1, -0.05) is 23.6 Å². The van der Waals surface area contributed by atoms with Crippen molar-refractivity contribution in [3.05, 3.63) is 58.5 Å². The number of hydrogen-bond acceptors (Lipinski definition) is 14. The first-order valence-corrected chi connectivity index (χ1v) is 13.5. The molecule has 0 amide bonds. The fourth-order valence-electron chi connectivity index (χ4n) is 4.52. The molecule has 44 heavy (non-hydrogen) atoms. The number of carbonyl (C=O) groups is 5. The third-order valence-corrected chi connectivity index (χ3v) is 7.07. The van der Waals surface area contributed by atoms with Crippen molar-refractivity contribution in [3.8, 4) is 12.0 Å². The van der Waals surface area contributed by atoms with E-state index in [1.54, 1.807) is 6.92 Å². The van der Waals surface area contributed by atoms with Crippen LogP contribution in [-0.4, -0.2) is 47.2 Å². The van der Waals surface area contributed by atoms with Gasteiger partial charge in [0.25, 0.3) is 5.79 Å². The molecule has 0 bridgehead atoms. The minimum absolute atomic E-state index is 0.0509. The maximum Gasteiger partial charge on any atom is 0.348 e. The number of esters is 5. The Hall–Kier alpha value is -5.19. The molecule has 0 N–H and O–H groups in total. The monoisotopic (exact) mass is 612 g/mol. The molecule has 3 heterocycles. The SMILES string of the molecule is CC#COC(=O)CCC1(C)OC(=O)C(/C=C/C(C)=C/C=C2C(=O)OC3(CCC4(CC3)OC(=O)C(C)=C([O-])O4)OC2=O)=C([O-])O1. The summed E-state index contributed by atoms with van der Waals surface area (Å²) in [5.74, 6) is -8.56. The molecule has 2 fully saturated rings. The molecule has 3 aliphatic heterocycles. The van der Waals surface area contributed by atoms with Crippen LogP contribution in [0.5, 0.6) is 0 Å². The van der Waals surface area contributed by atoms with Crippen LogP contribution in [0.1, 0.15) is 66.2 Å². The largest absolute Gasteiger partial charge is 0.574 e. The number of hydrogen-bond donors (Lipinski definition) is 0. The lowest BCUT2D eigenvalue weighted by Crippen LogP contribution is -2.55. The Balaban J connectivity index is 1.36. The first kappa shape index (κ1) is 31.7. The molecule has 1 unspecified atom stereocenters. The maximum absolute atomic E-state index is 12.7. The lowest BCUT2D eigenvalue weighted by molar-refractivity contribution is -0.407. The van der Waals surface area contributed by atoms with E-state index in [1.165, 1.54) is 32.9 Å².